The summed E-state index contributed by atoms with van der Waals surface area (Å²) < 4.78 is 26.9. The maximum Gasteiger partial charge on any atom is 0.333 e. The molecule has 80 valence electrons. The van der Waals surface area contributed by atoms with Crippen molar-refractivity contribution in [1.82, 2.24) is 0 Å². The van der Waals surface area contributed by atoms with Gasteiger partial charge in [0.2, 0.25) is 0 Å². The van der Waals surface area contributed by atoms with Gasteiger partial charge in [-0.05, 0) is 22.4 Å². The van der Waals surface area contributed by atoms with Crippen LogP contribution in [0, 0.1) is 0 Å². The molecule has 0 unspecified atom stereocenters. The molecule has 0 aliphatic rings. The Bertz CT molecular complexity index is 574. The summed E-state index contributed by atoms with van der Waals surface area (Å²) >= 11 is 1.55. The molecule has 0 atom stereocenters. The lowest BCUT2D eigenvalue weighted by Gasteiger charge is -1.99. The molecule has 0 saturated carbocycles. The molecule has 0 amide bonds. The van der Waals surface area contributed by atoms with Crippen LogP contribution in [-0.4, -0.2) is 8.42 Å². The summed E-state index contributed by atoms with van der Waals surface area (Å²) in [5, 5.41) is 7.63. The summed E-state index contributed by atoms with van der Waals surface area (Å²) in [6, 6.07) is 7.73. The topological polar surface area (TPSA) is 69.4 Å². The van der Waals surface area contributed by atoms with E-state index in [1.165, 1.54) is 0 Å². The van der Waals surface area contributed by atoms with Crippen molar-refractivity contribution in [3.8, 4) is 0 Å². The smallest absolute Gasteiger partial charge is 0.253 e. The summed E-state index contributed by atoms with van der Waals surface area (Å²) in [5.74, 6) is 0. The van der Waals surface area contributed by atoms with Crippen LogP contribution in [0.2, 0.25) is 0 Å². The molecule has 4 nitrogen and oxygen atoms in total. The quantitative estimate of drug-likeness (QED) is 0.890. The number of fused-ring (bicyclic) bond motifs is 1. The second-order valence-electron chi connectivity index (χ2n) is 3.01. The van der Waals surface area contributed by atoms with Crippen molar-refractivity contribution in [2.75, 3.05) is 0 Å². The van der Waals surface area contributed by atoms with Gasteiger partial charge in [0, 0.05) is 4.70 Å². The Hall–Kier alpha value is -0.950. The Balaban J connectivity index is 2.29. The molecule has 0 spiro atoms. The predicted octanol–water partition coefficient (Wildman–Crippen LogP) is 1.62. The Morgan fingerprint density at radius 1 is 1.33 bits per heavy atom. The maximum atomic E-state index is 10.6. The molecule has 0 aliphatic carbocycles. The zero-order chi connectivity index (χ0) is 10.9. The average molecular weight is 243 g/mol. The zero-order valence-electron chi connectivity index (χ0n) is 7.71. The number of nitrogens with two attached hydrogens (primary N) is 1. The highest BCUT2D eigenvalue weighted by molar-refractivity contribution is 7.84. The standard InChI is InChI=1S/C9H9NO3S2/c10-15(11,12)13-5-7-6-14-9-4-2-1-3-8(7)9/h1-4,6H,5H2,(H2,10,11,12). The van der Waals surface area contributed by atoms with Crippen molar-refractivity contribution >= 4 is 31.7 Å². The van der Waals surface area contributed by atoms with Crippen molar-refractivity contribution in [2.45, 2.75) is 6.61 Å². The van der Waals surface area contributed by atoms with Gasteiger partial charge in [0.15, 0.2) is 0 Å². The van der Waals surface area contributed by atoms with Gasteiger partial charge < -0.3 is 0 Å². The van der Waals surface area contributed by atoms with Crippen molar-refractivity contribution < 1.29 is 12.6 Å². The average Bonchev–Trinajstić information content (AvgIpc) is 2.57. The molecule has 2 rings (SSSR count). The normalized spacial score (nSPS) is 12.1. The largest absolute Gasteiger partial charge is 0.333 e. The fourth-order valence-electron chi connectivity index (χ4n) is 1.29. The number of rotatable bonds is 3. The molecular formula is C9H9NO3S2. The lowest BCUT2D eigenvalue weighted by molar-refractivity contribution is 0.310. The highest BCUT2D eigenvalue weighted by Gasteiger charge is 2.07. The van der Waals surface area contributed by atoms with Crippen molar-refractivity contribution in [1.29, 1.82) is 0 Å². The molecule has 15 heavy (non-hydrogen) atoms. The molecule has 6 heteroatoms. The minimum atomic E-state index is -3.86. The highest BCUT2D eigenvalue weighted by Crippen LogP contribution is 2.26. The van der Waals surface area contributed by atoms with E-state index in [0.717, 1.165) is 15.6 Å². The van der Waals surface area contributed by atoms with Gasteiger partial charge in [-0.15, -0.1) is 11.3 Å². The van der Waals surface area contributed by atoms with E-state index in [4.69, 9.17) is 5.14 Å². The fraction of sp³-hybridized carbons (Fsp3) is 0.111. The first-order chi connectivity index (χ1) is 7.06. The Morgan fingerprint density at radius 3 is 2.80 bits per heavy atom. The van der Waals surface area contributed by atoms with Gasteiger partial charge in [0.05, 0.1) is 6.61 Å². The lowest BCUT2D eigenvalue weighted by Crippen LogP contribution is -2.15. The minimum absolute atomic E-state index is 0.0111. The number of thiophene rings is 1. The molecule has 0 bridgehead atoms. The van der Waals surface area contributed by atoms with E-state index in [2.05, 4.69) is 4.18 Å². The molecule has 0 radical (unpaired) electrons. The van der Waals surface area contributed by atoms with Crippen molar-refractivity contribution in [3.05, 3.63) is 35.2 Å². The Morgan fingerprint density at radius 2 is 2.07 bits per heavy atom. The molecule has 1 aromatic carbocycles. The van der Waals surface area contributed by atoms with Crippen LogP contribution in [0.5, 0.6) is 0 Å². The van der Waals surface area contributed by atoms with Crippen molar-refractivity contribution in [3.63, 3.8) is 0 Å². The summed E-state index contributed by atoms with van der Waals surface area (Å²) in [4.78, 5) is 0. The first-order valence-electron chi connectivity index (χ1n) is 4.18. The fourth-order valence-corrected chi connectivity index (χ4v) is 2.53. The highest BCUT2D eigenvalue weighted by atomic mass is 32.2. The van der Waals surface area contributed by atoms with E-state index >= 15 is 0 Å². The zero-order valence-corrected chi connectivity index (χ0v) is 9.35. The van der Waals surface area contributed by atoms with Crippen LogP contribution >= 0.6 is 11.3 Å². The summed E-state index contributed by atoms with van der Waals surface area (Å²) in [7, 11) is -3.86. The molecule has 0 aliphatic heterocycles. The molecular weight excluding hydrogens is 234 g/mol. The van der Waals surface area contributed by atoms with Gasteiger partial charge in [-0.2, -0.15) is 8.42 Å². The van der Waals surface area contributed by atoms with E-state index < -0.39 is 10.3 Å². The molecule has 0 saturated heterocycles. The Kier molecular flexibility index (Phi) is 2.74. The first kappa shape index (κ1) is 10.6. The van der Waals surface area contributed by atoms with Gasteiger partial charge >= 0.3 is 10.3 Å². The number of hydrogen-bond acceptors (Lipinski definition) is 4. The molecule has 1 heterocycles. The monoisotopic (exact) mass is 243 g/mol. The van der Waals surface area contributed by atoms with Crippen LogP contribution in [-0.2, 0) is 21.1 Å². The van der Waals surface area contributed by atoms with Crippen LogP contribution in [0.4, 0.5) is 0 Å². The van der Waals surface area contributed by atoms with Crippen LogP contribution in [0.15, 0.2) is 29.6 Å². The van der Waals surface area contributed by atoms with Crippen LogP contribution in [0.1, 0.15) is 5.56 Å². The Labute approximate surface area is 91.5 Å². The second kappa shape index (κ2) is 3.90. The minimum Gasteiger partial charge on any atom is -0.253 e. The van der Waals surface area contributed by atoms with Gasteiger partial charge in [0.25, 0.3) is 0 Å². The number of hydrogen-bond donors (Lipinski definition) is 1. The third-order valence-corrected chi connectivity index (χ3v) is 3.40. The molecule has 2 N–H and O–H groups in total. The third kappa shape index (κ3) is 2.54. The van der Waals surface area contributed by atoms with E-state index in [1.807, 2.05) is 29.6 Å². The molecule has 2 aromatic rings. The van der Waals surface area contributed by atoms with Gasteiger partial charge in [0.1, 0.15) is 0 Å². The van der Waals surface area contributed by atoms with Crippen LogP contribution in [0.3, 0.4) is 0 Å². The van der Waals surface area contributed by atoms with Crippen molar-refractivity contribution in [2.24, 2.45) is 5.14 Å². The first-order valence-corrected chi connectivity index (χ1v) is 6.53. The van der Waals surface area contributed by atoms with E-state index in [0.29, 0.717) is 0 Å². The second-order valence-corrected chi connectivity index (χ2v) is 5.14. The maximum absolute atomic E-state index is 10.6. The predicted molar refractivity (Wildman–Crippen MR) is 59.7 cm³/mol. The summed E-state index contributed by atoms with van der Waals surface area (Å²) in [5.41, 5.74) is 0.838. The van der Waals surface area contributed by atoms with Gasteiger partial charge in [-0.1, -0.05) is 18.2 Å². The van der Waals surface area contributed by atoms with E-state index in [1.54, 1.807) is 11.3 Å². The van der Waals surface area contributed by atoms with E-state index in [9.17, 15) is 8.42 Å². The molecule has 1 aromatic heterocycles. The van der Waals surface area contributed by atoms with E-state index in [-0.39, 0.29) is 6.61 Å². The van der Waals surface area contributed by atoms with Crippen LogP contribution in [0.25, 0.3) is 10.1 Å². The van der Waals surface area contributed by atoms with Crippen LogP contribution < -0.4 is 5.14 Å². The van der Waals surface area contributed by atoms with Gasteiger partial charge in [-0.3, -0.25) is 4.18 Å². The SMILES string of the molecule is NS(=O)(=O)OCc1csc2ccccc12. The van der Waals surface area contributed by atoms with Gasteiger partial charge in [-0.25, -0.2) is 5.14 Å². The summed E-state index contributed by atoms with van der Waals surface area (Å²) in [6.45, 7) is -0.0111. The molecule has 0 fully saturated rings. The lowest BCUT2D eigenvalue weighted by atomic mass is 10.2. The summed E-state index contributed by atoms with van der Waals surface area (Å²) in [6.07, 6.45) is 0. The third-order valence-electron chi connectivity index (χ3n) is 1.94. The number of benzene rings is 1.